The van der Waals surface area contributed by atoms with Crippen molar-refractivity contribution in [2.24, 2.45) is 0 Å². The summed E-state index contributed by atoms with van der Waals surface area (Å²) in [5, 5.41) is 0.504. The van der Waals surface area contributed by atoms with Crippen LogP contribution in [0.15, 0.2) is 45.8 Å². The highest BCUT2D eigenvalue weighted by Crippen LogP contribution is 2.34. The van der Waals surface area contributed by atoms with E-state index in [1.54, 1.807) is 37.4 Å². The van der Waals surface area contributed by atoms with Gasteiger partial charge in [-0.2, -0.15) is 0 Å². The molecule has 2 aromatic rings. The van der Waals surface area contributed by atoms with Crippen LogP contribution < -0.4 is 4.74 Å². The van der Waals surface area contributed by atoms with Crippen molar-refractivity contribution in [3.05, 3.63) is 45.9 Å². The van der Waals surface area contributed by atoms with Crippen LogP contribution >= 0.6 is 27.5 Å². The summed E-state index contributed by atoms with van der Waals surface area (Å²) >= 11 is 9.50. The molecule has 3 nitrogen and oxygen atoms in total. The fraction of sp³-hybridized carbons (Fsp3) is 0.143. The van der Waals surface area contributed by atoms with Crippen LogP contribution in [0.4, 0.5) is 0 Å². The van der Waals surface area contributed by atoms with Crippen molar-refractivity contribution in [1.82, 2.24) is 0 Å². The Balaban J connectivity index is 2.51. The highest BCUT2D eigenvalue weighted by molar-refractivity contribution is 9.10. The van der Waals surface area contributed by atoms with Crippen molar-refractivity contribution in [3.8, 4) is 16.9 Å². The number of ether oxygens (including phenoxy) is 1. The van der Waals surface area contributed by atoms with Crippen LogP contribution in [0.25, 0.3) is 11.1 Å². The van der Waals surface area contributed by atoms with E-state index in [0.29, 0.717) is 15.2 Å². The van der Waals surface area contributed by atoms with Gasteiger partial charge in [0.05, 0.1) is 17.0 Å². The lowest BCUT2D eigenvalue weighted by Crippen LogP contribution is -1.97. The second kappa shape index (κ2) is 5.76. The average molecular weight is 376 g/mol. The molecule has 0 aliphatic carbocycles. The van der Waals surface area contributed by atoms with Gasteiger partial charge in [-0.3, -0.25) is 0 Å². The monoisotopic (exact) mass is 374 g/mol. The third-order valence-corrected chi connectivity index (χ3v) is 4.89. The van der Waals surface area contributed by atoms with Gasteiger partial charge in [-0.15, -0.1) is 0 Å². The lowest BCUT2D eigenvalue weighted by molar-refractivity contribution is 0.415. The predicted molar refractivity (Wildman–Crippen MR) is 84.2 cm³/mol. The summed E-state index contributed by atoms with van der Waals surface area (Å²) in [5.41, 5.74) is 1.74. The molecule has 2 aromatic carbocycles. The quantitative estimate of drug-likeness (QED) is 0.808. The van der Waals surface area contributed by atoms with Gasteiger partial charge in [-0.25, -0.2) is 8.42 Å². The molecule has 0 amide bonds. The molecule has 0 atom stereocenters. The molecule has 0 heterocycles. The van der Waals surface area contributed by atoms with Crippen molar-refractivity contribution in [2.75, 3.05) is 13.4 Å². The third kappa shape index (κ3) is 3.16. The van der Waals surface area contributed by atoms with Gasteiger partial charge in [0.15, 0.2) is 9.84 Å². The molecule has 2 rings (SSSR count). The molecule has 0 bridgehead atoms. The summed E-state index contributed by atoms with van der Waals surface area (Å²) in [6.07, 6.45) is 1.18. The van der Waals surface area contributed by atoms with E-state index in [4.69, 9.17) is 16.3 Å². The van der Waals surface area contributed by atoms with Gasteiger partial charge in [0.25, 0.3) is 0 Å². The maximum atomic E-state index is 11.5. The first-order valence-corrected chi connectivity index (χ1v) is 8.72. The summed E-state index contributed by atoms with van der Waals surface area (Å²) in [6, 6.07) is 10.3. The number of halogens is 2. The van der Waals surface area contributed by atoms with Gasteiger partial charge in [0, 0.05) is 10.7 Å². The molecule has 0 N–H and O–H groups in total. The number of sulfone groups is 1. The molecule has 0 fully saturated rings. The molecule has 106 valence electrons. The Labute approximate surface area is 131 Å². The first kappa shape index (κ1) is 15.4. The summed E-state index contributed by atoms with van der Waals surface area (Å²) < 4.78 is 28.8. The molecular weight excluding hydrogens is 364 g/mol. The number of benzene rings is 2. The molecule has 0 aliphatic rings. The van der Waals surface area contributed by atoms with E-state index in [9.17, 15) is 8.42 Å². The summed E-state index contributed by atoms with van der Waals surface area (Å²) in [6.45, 7) is 0. The molecule has 20 heavy (non-hydrogen) atoms. The van der Waals surface area contributed by atoms with Crippen molar-refractivity contribution >= 4 is 37.4 Å². The van der Waals surface area contributed by atoms with Crippen molar-refractivity contribution in [1.29, 1.82) is 0 Å². The fourth-order valence-electron chi connectivity index (χ4n) is 1.79. The van der Waals surface area contributed by atoms with E-state index in [2.05, 4.69) is 15.9 Å². The minimum atomic E-state index is -3.22. The minimum absolute atomic E-state index is 0.271. The third-order valence-electron chi connectivity index (χ3n) is 2.83. The first-order valence-electron chi connectivity index (χ1n) is 5.66. The Morgan fingerprint density at radius 1 is 1.15 bits per heavy atom. The summed E-state index contributed by atoms with van der Waals surface area (Å²) in [5.74, 6) is 0.597. The highest BCUT2D eigenvalue weighted by atomic mass is 79.9. The van der Waals surface area contributed by atoms with Gasteiger partial charge < -0.3 is 4.74 Å². The van der Waals surface area contributed by atoms with E-state index in [1.807, 2.05) is 6.07 Å². The maximum Gasteiger partial charge on any atom is 0.175 e. The number of hydrogen-bond donors (Lipinski definition) is 0. The van der Waals surface area contributed by atoms with Crippen LogP contribution in [0.2, 0.25) is 5.02 Å². The van der Waals surface area contributed by atoms with E-state index < -0.39 is 9.84 Å². The Morgan fingerprint density at radius 2 is 1.85 bits per heavy atom. The zero-order valence-corrected chi connectivity index (χ0v) is 14.0. The van der Waals surface area contributed by atoms with Crippen LogP contribution in [0.5, 0.6) is 5.75 Å². The molecular formula is C14H12BrClO3S. The van der Waals surface area contributed by atoms with E-state index in [-0.39, 0.29) is 4.90 Å². The van der Waals surface area contributed by atoms with E-state index in [0.717, 1.165) is 11.1 Å². The van der Waals surface area contributed by atoms with Crippen LogP contribution in [0.3, 0.4) is 0 Å². The molecule has 0 aliphatic heterocycles. The van der Waals surface area contributed by atoms with Gasteiger partial charge in [0.1, 0.15) is 5.75 Å². The topological polar surface area (TPSA) is 43.4 Å². The van der Waals surface area contributed by atoms with Gasteiger partial charge >= 0.3 is 0 Å². The zero-order chi connectivity index (χ0) is 14.9. The fourth-order valence-corrected chi connectivity index (χ4v) is 3.46. The minimum Gasteiger partial charge on any atom is -0.495 e. The van der Waals surface area contributed by atoms with Crippen LogP contribution in [-0.2, 0) is 9.84 Å². The Kier molecular flexibility index (Phi) is 4.42. The summed E-state index contributed by atoms with van der Waals surface area (Å²) in [4.78, 5) is 0.271. The van der Waals surface area contributed by atoms with Gasteiger partial charge in [-0.05, 0) is 35.4 Å². The number of hydrogen-bond acceptors (Lipinski definition) is 3. The molecule has 6 heteroatoms. The first-order chi connectivity index (χ1) is 9.32. The van der Waals surface area contributed by atoms with Crippen LogP contribution in [-0.4, -0.2) is 21.8 Å². The van der Waals surface area contributed by atoms with Gasteiger partial charge in [0.2, 0.25) is 0 Å². The lowest BCUT2D eigenvalue weighted by atomic mass is 10.1. The molecule has 0 unspecified atom stereocenters. The SMILES string of the molecule is COc1ccc(-c2ccc(S(C)(=O)=O)cc2Br)cc1Cl. The standard InChI is InChI=1S/C14H12BrClO3S/c1-19-14-6-3-9(7-13(14)16)11-5-4-10(8-12(11)15)20(2,17)18/h3-8H,1-2H3. The normalized spacial score (nSPS) is 11.4. The van der Waals surface area contributed by atoms with Crippen LogP contribution in [0.1, 0.15) is 0 Å². The number of rotatable bonds is 3. The molecule has 0 saturated heterocycles. The Bertz CT molecular complexity index is 757. The van der Waals surface area contributed by atoms with Crippen molar-refractivity contribution < 1.29 is 13.2 Å². The van der Waals surface area contributed by atoms with Crippen molar-refractivity contribution in [3.63, 3.8) is 0 Å². The predicted octanol–water partition coefficient (Wildman–Crippen LogP) is 4.18. The van der Waals surface area contributed by atoms with Crippen molar-refractivity contribution in [2.45, 2.75) is 4.90 Å². The van der Waals surface area contributed by atoms with E-state index in [1.165, 1.54) is 6.26 Å². The summed E-state index contributed by atoms with van der Waals surface area (Å²) in [7, 11) is -1.67. The largest absolute Gasteiger partial charge is 0.495 e. The number of methoxy groups -OCH3 is 1. The van der Waals surface area contributed by atoms with E-state index >= 15 is 0 Å². The molecule has 0 radical (unpaired) electrons. The molecule has 0 saturated carbocycles. The second-order valence-corrected chi connectivity index (χ2v) is 7.54. The zero-order valence-electron chi connectivity index (χ0n) is 10.9. The Morgan fingerprint density at radius 3 is 2.35 bits per heavy atom. The smallest absolute Gasteiger partial charge is 0.175 e. The van der Waals surface area contributed by atoms with Gasteiger partial charge in [-0.1, -0.05) is 39.7 Å². The lowest BCUT2D eigenvalue weighted by Gasteiger charge is -2.09. The molecule has 0 aromatic heterocycles. The maximum absolute atomic E-state index is 11.5. The average Bonchev–Trinajstić information content (AvgIpc) is 2.37. The highest BCUT2D eigenvalue weighted by Gasteiger charge is 2.12. The molecule has 0 spiro atoms. The Hall–Kier alpha value is -1.04. The second-order valence-electron chi connectivity index (χ2n) is 4.26. The van der Waals surface area contributed by atoms with Crippen LogP contribution in [0, 0.1) is 0 Å².